The van der Waals surface area contributed by atoms with Gasteiger partial charge in [0.1, 0.15) is 16.8 Å². The number of aliphatic carboxylic acids is 1. The maximum atomic E-state index is 13.6. The molecule has 0 saturated heterocycles. The summed E-state index contributed by atoms with van der Waals surface area (Å²) in [6, 6.07) is 1.66. The number of benzene rings is 1. The number of nitrogens with two attached hydrogens (primary N) is 1. The Morgan fingerprint density at radius 3 is 2.52 bits per heavy atom. The second-order valence-electron chi connectivity index (χ2n) is 4.09. The first-order chi connectivity index (χ1) is 9.63. The van der Waals surface area contributed by atoms with E-state index in [0.29, 0.717) is 4.47 Å². The average Bonchev–Trinajstić information content (AvgIpc) is 2.33. The van der Waals surface area contributed by atoms with Crippen molar-refractivity contribution in [3.05, 3.63) is 28.5 Å². The molecule has 1 aromatic rings. The molecule has 0 heterocycles. The molecule has 1 atom stereocenters. The van der Waals surface area contributed by atoms with Crippen molar-refractivity contribution in [2.45, 2.75) is 23.8 Å². The Morgan fingerprint density at radius 2 is 2.05 bits per heavy atom. The number of primary amides is 1. The van der Waals surface area contributed by atoms with E-state index in [-0.39, 0.29) is 12.8 Å². The van der Waals surface area contributed by atoms with E-state index in [0.717, 1.165) is 12.1 Å². The number of halogens is 2. The van der Waals surface area contributed by atoms with E-state index in [2.05, 4.69) is 15.9 Å². The second kappa shape index (κ2) is 6.96. The van der Waals surface area contributed by atoms with Crippen LogP contribution < -0.4 is 10.5 Å². The Hall–Kier alpha value is -1.52. The minimum atomic E-state index is -4.38. The molecular formula is C11H12BrFN2O5S. The lowest BCUT2D eigenvalue weighted by Crippen LogP contribution is -2.41. The van der Waals surface area contributed by atoms with E-state index in [4.69, 9.17) is 10.8 Å². The van der Waals surface area contributed by atoms with Crippen LogP contribution in [0.15, 0.2) is 27.6 Å². The number of rotatable bonds is 7. The topological polar surface area (TPSA) is 127 Å². The van der Waals surface area contributed by atoms with Crippen molar-refractivity contribution in [3.8, 4) is 0 Å². The fourth-order valence-electron chi connectivity index (χ4n) is 1.46. The molecule has 1 amide bonds. The molecule has 10 heteroatoms. The van der Waals surface area contributed by atoms with Crippen molar-refractivity contribution in [1.82, 2.24) is 4.72 Å². The Bertz CT molecular complexity index is 665. The van der Waals surface area contributed by atoms with Gasteiger partial charge in [-0.15, -0.1) is 0 Å². The van der Waals surface area contributed by atoms with Crippen LogP contribution in [0, 0.1) is 5.82 Å². The molecule has 0 fully saturated rings. The van der Waals surface area contributed by atoms with Crippen LogP contribution in [-0.4, -0.2) is 31.4 Å². The normalized spacial score (nSPS) is 12.9. The van der Waals surface area contributed by atoms with Gasteiger partial charge in [0.15, 0.2) is 0 Å². The summed E-state index contributed by atoms with van der Waals surface area (Å²) in [6.07, 6.45) is -0.648. The van der Waals surface area contributed by atoms with E-state index in [9.17, 15) is 22.4 Å². The van der Waals surface area contributed by atoms with E-state index in [1.807, 2.05) is 4.72 Å². The molecule has 116 valence electrons. The monoisotopic (exact) mass is 382 g/mol. The number of carboxylic acid groups (broad SMARTS) is 1. The quantitative estimate of drug-likeness (QED) is 0.635. The number of sulfonamides is 1. The third-order valence-corrected chi connectivity index (χ3v) is 4.46. The molecule has 1 rings (SSSR count). The summed E-state index contributed by atoms with van der Waals surface area (Å²) in [5.74, 6) is -3.29. The SMILES string of the molecule is NC(=O)CC[C@@H](NS(=O)(=O)c1ccc(Br)cc1F)C(=O)O. The maximum absolute atomic E-state index is 13.6. The third kappa shape index (κ3) is 5.06. The molecule has 0 saturated carbocycles. The van der Waals surface area contributed by atoms with Crippen molar-refractivity contribution in [1.29, 1.82) is 0 Å². The van der Waals surface area contributed by atoms with E-state index >= 15 is 0 Å². The highest BCUT2D eigenvalue weighted by molar-refractivity contribution is 9.10. The molecular weight excluding hydrogens is 371 g/mol. The molecule has 0 aliphatic heterocycles. The van der Waals surface area contributed by atoms with Crippen LogP contribution in [0.5, 0.6) is 0 Å². The first kappa shape index (κ1) is 17.5. The van der Waals surface area contributed by atoms with Crippen LogP contribution in [0.4, 0.5) is 4.39 Å². The minimum absolute atomic E-state index is 0.317. The number of nitrogens with one attached hydrogen (secondary N) is 1. The smallest absolute Gasteiger partial charge is 0.321 e. The van der Waals surface area contributed by atoms with E-state index in [1.165, 1.54) is 6.07 Å². The van der Waals surface area contributed by atoms with Gasteiger partial charge in [0.2, 0.25) is 15.9 Å². The lowest BCUT2D eigenvalue weighted by molar-refractivity contribution is -0.139. The molecule has 1 aromatic carbocycles. The molecule has 4 N–H and O–H groups in total. The van der Waals surface area contributed by atoms with Crippen LogP contribution in [0.1, 0.15) is 12.8 Å². The number of hydrogen-bond acceptors (Lipinski definition) is 4. The van der Waals surface area contributed by atoms with Crippen LogP contribution >= 0.6 is 15.9 Å². The lowest BCUT2D eigenvalue weighted by Gasteiger charge is -2.14. The first-order valence-electron chi connectivity index (χ1n) is 5.62. The standard InChI is InChI=1S/C11H12BrFN2O5S/c12-6-1-3-9(7(13)5-6)21(19,20)15-8(11(17)18)2-4-10(14)16/h1,3,5,8,15H,2,4H2,(H2,14,16)(H,17,18)/t8-/m1/s1. The summed E-state index contributed by atoms with van der Waals surface area (Å²) >= 11 is 2.98. The molecule has 0 unspecified atom stereocenters. The summed E-state index contributed by atoms with van der Waals surface area (Å²) in [6.45, 7) is 0. The predicted octanol–water partition coefficient (Wildman–Crippen LogP) is 0.585. The minimum Gasteiger partial charge on any atom is -0.480 e. The molecule has 0 spiro atoms. The van der Waals surface area contributed by atoms with Crippen LogP contribution in [0.3, 0.4) is 0 Å². The number of carbonyl (C=O) groups excluding carboxylic acids is 1. The Morgan fingerprint density at radius 1 is 1.43 bits per heavy atom. The van der Waals surface area contributed by atoms with Gasteiger partial charge in [0, 0.05) is 10.9 Å². The Kier molecular flexibility index (Phi) is 5.81. The summed E-state index contributed by atoms with van der Waals surface area (Å²) in [5, 5.41) is 8.93. The van der Waals surface area contributed by atoms with Crippen molar-refractivity contribution < 1.29 is 27.5 Å². The van der Waals surface area contributed by atoms with Crippen LogP contribution in [0.25, 0.3) is 0 Å². The van der Waals surface area contributed by atoms with Gasteiger partial charge >= 0.3 is 5.97 Å². The highest BCUT2D eigenvalue weighted by Gasteiger charge is 2.27. The van der Waals surface area contributed by atoms with Gasteiger partial charge in [0.25, 0.3) is 0 Å². The number of carboxylic acids is 1. The second-order valence-corrected chi connectivity index (χ2v) is 6.69. The number of carbonyl (C=O) groups is 2. The zero-order valence-corrected chi connectivity index (χ0v) is 12.9. The molecule has 0 aliphatic rings. The highest BCUT2D eigenvalue weighted by atomic mass is 79.9. The van der Waals surface area contributed by atoms with Crippen molar-refractivity contribution in [3.63, 3.8) is 0 Å². The third-order valence-electron chi connectivity index (χ3n) is 2.46. The Balaban J connectivity index is 3.00. The Labute approximate surface area is 128 Å². The first-order valence-corrected chi connectivity index (χ1v) is 7.89. The molecule has 21 heavy (non-hydrogen) atoms. The van der Waals surface area contributed by atoms with E-state index in [1.54, 1.807) is 0 Å². The van der Waals surface area contributed by atoms with Gasteiger partial charge in [-0.25, -0.2) is 12.8 Å². The van der Waals surface area contributed by atoms with Gasteiger partial charge < -0.3 is 10.8 Å². The van der Waals surface area contributed by atoms with Crippen molar-refractivity contribution in [2.24, 2.45) is 5.73 Å². The summed E-state index contributed by atoms with van der Waals surface area (Å²) in [4.78, 5) is 20.9. The van der Waals surface area contributed by atoms with Crippen molar-refractivity contribution in [2.75, 3.05) is 0 Å². The fourth-order valence-corrected chi connectivity index (χ4v) is 3.08. The van der Waals surface area contributed by atoms with Gasteiger partial charge in [-0.3, -0.25) is 9.59 Å². The molecule has 0 aliphatic carbocycles. The average molecular weight is 383 g/mol. The zero-order valence-electron chi connectivity index (χ0n) is 10.5. The van der Waals surface area contributed by atoms with Crippen molar-refractivity contribution >= 4 is 37.8 Å². The number of amides is 1. The lowest BCUT2D eigenvalue weighted by atomic mass is 10.2. The molecule has 0 aromatic heterocycles. The maximum Gasteiger partial charge on any atom is 0.321 e. The van der Waals surface area contributed by atoms with Gasteiger partial charge in [-0.2, -0.15) is 4.72 Å². The largest absolute Gasteiger partial charge is 0.480 e. The molecule has 0 radical (unpaired) electrons. The summed E-state index contributed by atoms with van der Waals surface area (Å²) in [5.41, 5.74) is 4.88. The predicted molar refractivity (Wildman–Crippen MR) is 74.3 cm³/mol. The zero-order chi connectivity index (χ0) is 16.2. The summed E-state index contributed by atoms with van der Waals surface area (Å²) < 4.78 is 39.8. The molecule has 7 nitrogen and oxygen atoms in total. The van der Waals surface area contributed by atoms with Gasteiger partial charge in [0.05, 0.1) is 0 Å². The molecule has 0 bridgehead atoms. The van der Waals surface area contributed by atoms with Gasteiger partial charge in [-0.05, 0) is 24.6 Å². The number of hydrogen-bond donors (Lipinski definition) is 3. The van der Waals surface area contributed by atoms with Crippen LogP contribution in [0.2, 0.25) is 0 Å². The summed E-state index contributed by atoms with van der Waals surface area (Å²) in [7, 11) is -4.38. The van der Waals surface area contributed by atoms with Crippen LogP contribution in [-0.2, 0) is 19.6 Å². The van der Waals surface area contributed by atoms with E-state index < -0.39 is 38.7 Å². The highest BCUT2D eigenvalue weighted by Crippen LogP contribution is 2.19. The van der Waals surface area contributed by atoms with Gasteiger partial charge in [-0.1, -0.05) is 15.9 Å². The fraction of sp³-hybridized carbons (Fsp3) is 0.273.